The lowest BCUT2D eigenvalue weighted by molar-refractivity contribution is -0.124. The Morgan fingerprint density at radius 3 is 1.93 bits per heavy atom. The number of carbonyl (C=O) groups is 2. The van der Waals surface area contributed by atoms with Crippen LogP contribution in [0.3, 0.4) is 0 Å². The molecule has 1 amide bonds. The average Bonchev–Trinajstić information content (AvgIpc) is 2.11. The smallest absolute Gasteiger partial charge is 0.407 e. The molecule has 0 aliphatic carbocycles. The number of amides is 1. The van der Waals surface area contributed by atoms with Crippen LogP contribution >= 0.6 is 0 Å². The summed E-state index contributed by atoms with van der Waals surface area (Å²) in [4.78, 5) is 22.6. The molecule has 0 rings (SSSR count). The first kappa shape index (κ1) is 12.9. The van der Waals surface area contributed by atoms with Gasteiger partial charge in [-0.1, -0.05) is 27.7 Å². The summed E-state index contributed by atoms with van der Waals surface area (Å²) < 4.78 is 4.46. The second-order valence-electron chi connectivity index (χ2n) is 3.91. The number of methoxy groups -OCH3 is 1. The third kappa shape index (κ3) is 3.77. The number of carbonyl (C=O) groups excluding carboxylic acids is 2. The molecule has 0 aromatic heterocycles. The number of hydrogen-bond acceptors (Lipinski definition) is 3. The van der Waals surface area contributed by atoms with Gasteiger partial charge in [0.2, 0.25) is 0 Å². The highest BCUT2D eigenvalue weighted by atomic mass is 16.5. The predicted molar refractivity (Wildman–Crippen MR) is 54.0 cm³/mol. The Hall–Kier alpha value is -1.06. The van der Waals surface area contributed by atoms with Gasteiger partial charge in [0.1, 0.15) is 0 Å². The van der Waals surface area contributed by atoms with Crippen LogP contribution in [0.1, 0.15) is 27.7 Å². The normalized spacial score (nSPS) is 12.8. The molecular weight excluding hydrogens is 182 g/mol. The van der Waals surface area contributed by atoms with Gasteiger partial charge in [0.15, 0.2) is 5.78 Å². The highest BCUT2D eigenvalue weighted by Crippen LogP contribution is 2.09. The molecule has 0 bridgehead atoms. The Kier molecular flexibility index (Phi) is 5.20. The van der Waals surface area contributed by atoms with Crippen LogP contribution in [0.15, 0.2) is 0 Å². The maximum Gasteiger partial charge on any atom is 0.407 e. The van der Waals surface area contributed by atoms with Crippen LogP contribution in [-0.4, -0.2) is 25.0 Å². The van der Waals surface area contributed by atoms with Gasteiger partial charge in [0, 0.05) is 5.92 Å². The first-order chi connectivity index (χ1) is 6.40. The van der Waals surface area contributed by atoms with Crippen molar-refractivity contribution in [2.24, 2.45) is 11.8 Å². The van der Waals surface area contributed by atoms with E-state index in [1.807, 2.05) is 27.7 Å². The summed E-state index contributed by atoms with van der Waals surface area (Å²) in [6, 6.07) is -0.456. The molecule has 0 saturated heterocycles. The van der Waals surface area contributed by atoms with Crippen LogP contribution in [0.25, 0.3) is 0 Å². The summed E-state index contributed by atoms with van der Waals surface area (Å²) in [6.45, 7) is 7.41. The van der Waals surface area contributed by atoms with Gasteiger partial charge < -0.3 is 10.1 Å². The third-order valence-corrected chi connectivity index (χ3v) is 2.00. The van der Waals surface area contributed by atoms with Crippen molar-refractivity contribution in [2.75, 3.05) is 7.11 Å². The Labute approximate surface area is 85.0 Å². The lowest BCUT2D eigenvalue weighted by Gasteiger charge is -2.21. The van der Waals surface area contributed by atoms with E-state index in [9.17, 15) is 9.59 Å². The van der Waals surface area contributed by atoms with Crippen molar-refractivity contribution in [2.45, 2.75) is 33.7 Å². The summed E-state index contributed by atoms with van der Waals surface area (Å²) in [5.74, 6) is 0.0222. The zero-order valence-corrected chi connectivity index (χ0v) is 9.46. The number of nitrogens with one attached hydrogen (secondary N) is 1. The molecule has 0 aliphatic rings. The summed E-state index contributed by atoms with van der Waals surface area (Å²) in [7, 11) is 1.28. The van der Waals surface area contributed by atoms with E-state index in [1.165, 1.54) is 7.11 Å². The summed E-state index contributed by atoms with van der Waals surface area (Å²) in [5, 5.41) is 2.54. The van der Waals surface area contributed by atoms with Gasteiger partial charge >= 0.3 is 6.09 Å². The Balaban J connectivity index is 4.45. The second kappa shape index (κ2) is 5.62. The fraction of sp³-hybridized carbons (Fsp3) is 0.800. The van der Waals surface area contributed by atoms with Gasteiger partial charge in [0.05, 0.1) is 13.2 Å². The van der Waals surface area contributed by atoms with Crippen LogP contribution in [0.4, 0.5) is 4.79 Å². The van der Waals surface area contributed by atoms with E-state index < -0.39 is 12.1 Å². The van der Waals surface area contributed by atoms with E-state index in [1.54, 1.807) is 0 Å². The fourth-order valence-corrected chi connectivity index (χ4v) is 1.11. The fourth-order valence-electron chi connectivity index (χ4n) is 1.11. The van der Waals surface area contributed by atoms with E-state index >= 15 is 0 Å². The Morgan fingerprint density at radius 1 is 1.14 bits per heavy atom. The van der Waals surface area contributed by atoms with Gasteiger partial charge in [-0.25, -0.2) is 4.79 Å². The molecule has 1 N–H and O–H groups in total. The van der Waals surface area contributed by atoms with Crippen LogP contribution in [0.2, 0.25) is 0 Å². The number of ether oxygens (including phenoxy) is 1. The predicted octanol–water partition coefficient (Wildman–Crippen LogP) is 1.59. The lowest BCUT2D eigenvalue weighted by Crippen LogP contribution is -2.46. The molecule has 14 heavy (non-hydrogen) atoms. The maximum absolute atomic E-state index is 11.7. The number of alkyl carbamates (subject to hydrolysis) is 1. The van der Waals surface area contributed by atoms with E-state index in [0.717, 1.165) is 0 Å². The van der Waals surface area contributed by atoms with E-state index in [-0.39, 0.29) is 17.6 Å². The largest absolute Gasteiger partial charge is 0.453 e. The number of hydrogen-bond donors (Lipinski definition) is 1. The van der Waals surface area contributed by atoms with Crippen LogP contribution in [-0.2, 0) is 9.53 Å². The van der Waals surface area contributed by atoms with Gasteiger partial charge in [-0.3, -0.25) is 4.79 Å². The van der Waals surface area contributed by atoms with Gasteiger partial charge in [0.25, 0.3) is 0 Å². The average molecular weight is 201 g/mol. The first-order valence-electron chi connectivity index (χ1n) is 4.78. The molecule has 82 valence electrons. The van der Waals surface area contributed by atoms with Crippen molar-refractivity contribution in [1.82, 2.24) is 5.32 Å². The molecule has 0 fully saturated rings. The van der Waals surface area contributed by atoms with Crippen molar-refractivity contribution < 1.29 is 14.3 Å². The maximum atomic E-state index is 11.7. The summed E-state index contributed by atoms with van der Waals surface area (Å²) in [6.07, 6.45) is -0.558. The molecule has 0 aromatic carbocycles. The first-order valence-corrected chi connectivity index (χ1v) is 4.78. The van der Waals surface area contributed by atoms with Crippen molar-refractivity contribution >= 4 is 11.9 Å². The Bertz CT molecular complexity index is 211. The van der Waals surface area contributed by atoms with Crippen molar-refractivity contribution in [3.05, 3.63) is 0 Å². The molecule has 1 atom stereocenters. The molecule has 0 heterocycles. The third-order valence-electron chi connectivity index (χ3n) is 2.00. The minimum Gasteiger partial charge on any atom is -0.453 e. The molecule has 4 nitrogen and oxygen atoms in total. The topological polar surface area (TPSA) is 55.4 Å². The number of rotatable bonds is 4. The molecule has 0 radical (unpaired) electrons. The zero-order valence-electron chi connectivity index (χ0n) is 9.46. The molecule has 0 unspecified atom stereocenters. The van der Waals surface area contributed by atoms with Gasteiger partial charge in [-0.05, 0) is 5.92 Å². The van der Waals surface area contributed by atoms with Crippen molar-refractivity contribution in [3.8, 4) is 0 Å². The SMILES string of the molecule is COC(=O)N[C@H](C(=O)C(C)C)C(C)C. The molecule has 0 spiro atoms. The van der Waals surface area contributed by atoms with Crippen molar-refractivity contribution in [1.29, 1.82) is 0 Å². The second-order valence-corrected chi connectivity index (χ2v) is 3.91. The molecule has 0 saturated carbocycles. The highest BCUT2D eigenvalue weighted by molar-refractivity contribution is 5.88. The van der Waals surface area contributed by atoms with Crippen LogP contribution in [0, 0.1) is 11.8 Å². The molecule has 0 aliphatic heterocycles. The number of ketones is 1. The van der Waals surface area contributed by atoms with E-state index in [2.05, 4.69) is 10.1 Å². The monoisotopic (exact) mass is 201 g/mol. The van der Waals surface area contributed by atoms with E-state index in [0.29, 0.717) is 0 Å². The lowest BCUT2D eigenvalue weighted by atomic mass is 9.93. The van der Waals surface area contributed by atoms with Crippen molar-refractivity contribution in [3.63, 3.8) is 0 Å². The van der Waals surface area contributed by atoms with Gasteiger partial charge in [-0.2, -0.15) is 0 Å². The van der Waals surface area contributed by atoms with Crippen LogP contribution in [0.5, 0.6) is 0 Å². The molecule has 4 heteroatoms. The van der Waals surface area contributed by atoms with E-state index in [4.69, 9.17) is 0 Å². The molecular formula is C10H19NO3. The quantitative estimate of drug-likeness (QED) is 0.751. The number of Topliss-reactive ketones (excluding diaryl/α,β-unsaturated/α-hetero) is 1. The van der Waals surface area contributed by atoms with Gasteiger partial charge in [-0.15, -0.1) is 0 Å². The highest BCUT2D eigenvalue weighted by Gasteiger charge is 2.26. The summed E-state index contributed by atoms with van der Waals surface area (Å²) in [5.41, 5.74) is 0. The zero-order chi connectivity index (χ0) is 11.3. The Morgan fingerprint density at radius 2 is 1.64 bits per heavy atom. The molecule has 0 aromatic rings. The minimum atomic E-state index is -0.558. The summed E-state index contributed by atoms with van der Waals surface area (Å²) >= 11 is 0. The standard InChI is InChI=1S/C10H19NO3/c1-6(2)8(9(12)7(3)4)11-10(13)14-5/h6-8H,1-5H3,(H,11,13)/t8-/m0/s1. The van der Waals surface area contributed by atoms with Crippen LogP contribution < -0.4 is 5.32 Å². The minimum absolute atomic E-state index is 0.0328.